The number of carbonyl (C=O) groups is 2. The average molecular weight is 1090 g/mol. The molecular weight excluding hydrogens is 999 g/mol. The Bertz CT molecular complexity index is 2930. The zero-order valence-electron chi connectivity index (χ0n) is 47.4. The lowest BCUT2D eigenvalue weighted by molar-refractivity contribution is -0.362. The molecule has 0 radical (unpaired) electrons. The van der Waals surface area contributed by atoms with Crippen LogP contribution >= 0.6 is 0 Å². The van der Waals surface area contributed by atoms with Gasteiger partial charge in [-0.25, -0.2) is 4.79 Å². The van der Waals surface area contributed by atoms with Gasteiger partial charge in [-0.05, 0) is 204 Å². The van der Waals surface area contributed by atoms with Gasteiger partial charge in [0.05, 0.1) is 35.9 Å². The second-order valence-corrected chi connectivity index (χ2v) is 29.8. The lowest BCUT2D eigenvalue weighted by atomic mass is 9.32. The van der Waals surface area contributed by atoms with Gasteiger partial charge in [0.25, 0.3) is 0 Å². The highest BCUT2D eigenvalue weighted by molar-refractivity contribution is 5.87. The molecule has 1 heterocycles. The minimum atomic E-state index is -1.91. The number of nitrogens with one attached hydrogen (secondary N) is 1. The highest BCUT2D eigenvalue weighted by Gasteiger charge is 2.88. The van der Waals surface area contributed by atoms with Crippen LogP contribution in [0.1, 0.15) is 176 Å². The number of aldehydes is 1. The summed E-state index contributed by atoms with van der Waals surface area (Å²) >= 11 is 0. The summed E-state index contributed by atoms with van der Waals surface area (Å²) in [7, 11) is 1.94. The van der Waals surface area contributed by atoms with E-state index in [0.717, 1.165) is 92.8 Å². The molecule has 13 aliphatic carbocycles. The fourth-order valence-corrected chi connectivity index (χ4v) is 24.9. The van der Waals surface area contributed by atoms with E-state index in [-0.39, 0.29) is 61.7 Å². The highest BCUT2D eigenvalue weighted by Crippen LogP contribution is 2.83. The van der Waals surface area contributed by atoms with Crippen molar-refractivity contribution in [1.29, 1.82) is 0 Å². The van der Waals surface area contributed by atoms with E-state index in [1.54, 1.807) is 6.08 Å². The van der Waals surface area contributed by atoms with Crippen LogP contribution in [0.25, 0.3) is 0 Å². The molecule has 0 amide bonds. The van der Waals surface area contributed by atoms with E-state index < -0.39 is 79.8 Å². The molecule has 0 aromatic heterocycles. The number of ether oxygens (including phenoxy) is 1. The summed E-state index contributed by atoms with van der Waals surface area (Å²) in [6, 6.07) is 16.6. The number of carbonyl (C=O) groups excluding carboxylic acids is 2. The van der Waals surface area contributed by atoms with Crippen LogP contribution in [0, 0.1) is 104 Å². The molecule has 10 heteroatoms. The molecule has 10 fully saturated rings. The number of benzene rings is 2. The van der Waals surface area contributed by atoms with Crippen molar-refractivity contribution in [1.82, 2.24) is 5.32 Å². The molecule has 2 aromatic carbocycles. The van der Waals surface area contributed by atoms with Crippen LogP contribution in [0.5, 0.6) is 0 Å². The summed E-state index contributed by atoms with van der Waals surface area (Å²) in [5.41, 5.74) is -5.88. The normalized spacial score (nSPS) is 49.2. The molecule has 80 heavy (non-hydrogen) atoms. The molecule has 21 atom stereocenters. The molecule has 1 aliphatic heterocycles. The third-order valence-electron chi connectivity index (χ3n) is 27.9. The van der Waals surface area contributed by atoms with E-state index in [4.69, 9.17) is 4.74 Å². The van der Waals surface area contributed by atoms with Gasteiger partial charge < -0.3 is 45.5 Å². The van der Waals surface area contributed by atoms with Crippen molar-refractivity contribution in [2.24, 2.45) is 92.2 Å². The van der Waals surface area contributed by atoms with Gasteiger partial charge in [-0.1, -0.05) is 105 Å². The van der Waals surface area contributed by atoms with Gasteiger partial charge in [-0.3, -0.25) is 0 Å². The Morgan fingerprint density at radius 3 is 2.35 bits per heavy atom. The Kier molecular flexibility index (Phi) is 12.4. The fraction of sp³-hybridized carbons (Fsp3) is 0.714. The molecule has 10 saturated carbocycles. The van der Waals surface area contributed by atoms with Crippen LogP contribution in [-0.4, -0.2) is 91.6 Å². The smallest absolute Gasteiger partial charge is 0.331 e. The van der Waals surface area contributed by atoms with E-state index in [1.807, 2.05) is 19.2 Å². The Morgan fingerprint density at radius 1 is 0.787 bits per heavy atom. The molecule has 0 saturated heterocycles. The maximum Gasteiger partial charge on any atom is 0.331 e. The Hall–Kier alpha value is -3.66. The molecule has 4 bridgehead atoms. The molecule has 10 nitrogen and oxygen atoms in total. The van der Waals surface area contributed by atoms with E-state index in [1.165, 1.54) is 31.2 Å². The number of hydrogen-bond acceptors (Lipinski definition) is 10. The molecule has 14 aliphatic rings. The van der Waals surface area contributed by atoms with Crippen LogP contribution in [0.2, 0.25) is 0 Å². The summed E-state index contributed by atoms with van der Waals surface area (Å²) < 4.78 is 6.53. The summed E-state index contributed by atoms with van der Waals surface area (Å²) in [5, 5.41) is 86.8. The number of aliphatic hydroxyl groups excluding tert-OH is 3. The van der Waals surface area contributed by atoms with E-state index in [0.29, 0.717) is 75.0 Å². The van der Waals surface area contributed by atoms with E-state index >= 15 is 15.0 Å². The summed E-state index contributed by atoms with van der Waals surface area (Å²) in [6.07, 6.45) is 23.8. The number of aliphatic hydroxyl groups is 6. The Balaban J connectivity index is 0.934. The number of allylic oxidation sites excluding steroid dienone is 2. The molecule has 428 valence electrons. The van der Waals surface area contributed by atoms with Crippen LogP contribution in [0.4, 0.5) is 0 Å². The van der Waals surface area contributed by atoms with Crippen molar-refractivity contribution in [3.05, 3.63) is 94.6 Å². The second-order valence-electron chi connectivity index (χ2n) is 29.8. The third-order valence-corrected chi connectivity index (χ3v) is 27.9. The molecular formula is C70H89NO9. The average Bonchev–Trinajstić information content (AvgIpc) is 2.49. The number of rotatable bonds is 6. The molecule has 7 N–H and O–H groups in total. The third kappa shape index (κ3) is 6.75. The molecule has 0 unspecified atom stereocenters. The molecule has 3 spiro atoms. The standard InChI is InChI=1S/C70H89NO9/c1-71-58-33-52-44(15-9-17-48(52)37-72)21-26-63(24-7-8-25-63)38-66-28-23-59-65(40-73)39-64(27-22-47-29-45(19-20-55(47)64)42-11-3-2-4-12-42)62(76)57-30-46-16-10-18-51(43-13-5-6-14-43)53(46)32-50(70(57,65)79)35-68(59,77)69(66,78)36-49-31-54(58)61-56(34-60(75)80-61)67(49,66)41-74/h2-4,9-12,15-17,34,40,43,45-47,49-51,53-55,57-59,61-62,71-72,74,76-79H,5-8,13-14,18-20,22-25,27-33,35-39,41H2,1H3/t45-,46+,47+,49-,50+,51+,53-,54-,55-,57+,58+,59+,61+,62+,64+,65-,66-,67+,68-,69+,70-/m0/s1. The van der Waals surface area contributed by atoms with Gasteiger partial charge in [0.1, 0.15) is 18.0 Å². The first-order valence-electron chi connectivity index (χ1n) is 32.2. The number of fused-ring (bicyclic) bond motifs is 7. The van der Waals surface area contributed by atoms with Crippen LogP contribution in [-0.2, 0) is 27.4 Å². The van der Waals surface area contributed by atoms with Gasteiger partial charge in [-0.15, -0.1) is 0 Å². The van der Waals surface area contributed by atoms with Gasteiger partial charge in [0, 0.05) is 57.1 Å². The highest BCUT2D eigenvalue weighted by atomic mass is 16.5. The Labute approximate surface area is 474 Å². The van der Waals surface area contributed by atoms with Gasteiger partial charge in [0.15, 0.2) is 0 Å². The quantitative estimate of drug-likeness (QED) is 0.0639. The fourth-order valence-electron chi connectivity index (χ4n) is 24.9. The lowest BCUT2D eigenvalue weighted by Crippen LogP contribution is -2.83. The molecule has 2 aromatic rings. The summed E-state index contributed by atoms with van der Waals surface area (Å²) in [6.45, 7) is -0.480. The first-order valence-corrected chi connectivity index (χ1v) is 32.2. The first-order chi connectivity index (χ1) is 38.7. The largest absolute Gasteiger partial charge is 0.454 e. The number of hydrogen-bond donors (Lipinski definition) is 7. The maximum atomic E-state index is 15.7. The lowest BCUT2D eigenvalue weighted by Gasteiger charge is -2.75. The number of likely N-dealkylation sites (N-methyl/N-ethyl adjacent to an activating group) is 1. The molecule has 16 rings (SSSR count). The van der Waals surface area contributed by atoms with Crippen molar-refractivity contribution < 1.29 is 45.0 Å². The van der Waals surface area contributed by atoms with E-state index in [2.05, 4.69) is 65.7 Å². The van der Waals surface area contributed by atoms with Crippen molar-refractivity contribution >= 4 is 12.3 Å². The van der Waals surface area contributed by atoms with Crippen molar-refractivity contribution in [3.8, 4) is 11.8 Å². The van der Waals surface area contributed by atoms with Gasteiger partial charge in [0.2, 0.25) is 0 Å². The van der Waals surface area contributed by atoms with Crippen molar-refractivity contribution in [3.63, 3.8) is 0 Å². The monoisotopic (exact) mass is 1090 g/mol. The van der Waals surface area contributed by atoms with E-state index in [9.17, 15) is 25.2 Å². The van der Waals surface area contributed by atoms with Crippen LogP contribution in [0.3, 0.4) is 0 Å². The first kappa shape index (κ1) is 53.1. The zero-order chi connectivity index (χ0) is 54.8. The van der Waals surface area contributed by atoms with Crippen LogP contribution < -0.4 is 5.32 Å². The topological polar surface area (TPSA) is 177 Å². The zero-order valence-corrected chi connectivity index (χ0v) is 47.4. The van der Waals surface area contributed by atoms with Crippen molar-refractivity contribution in [2.45, 2.75) is 202 Å². The van der Waals surface area contributed by atoms with Crippen molar-refractivity contribution in [2.75, 3.05) is 13.7 Å². The minimum Gasteiger partial charge on any atom is -0.454 e. The van der Waals surface area contributed by atoms with Gasteiger partial charge >= 0.3 is 5.97 Å². The minimum absolute atomic E-state index is 0.0953. The summed E-state index contributed by atoms with van der Waals surface area (Å²) in [5.74, 6) is 6.70. The van der Waals surface area contributed by atoms with Gasteiger partial charge in [-0.2, -0.15) is 0 Å². The predicted molar refractivity (Wildman–Crippen MR) is 303 cm³/mol. The Morgan fingerprint density at radius 2 is 1.59 bits per heavy atom. The SMILES string of the molecule is CN[C@@H]1Cc2c(cccc2CO)C#CC2(CCCC2)C[C@]23CC[C@H]4[C@@](O)(C[C@H]5C[C@H]6[C@H](C=CC[C@@H]6C6CCCC6)C[C@@H]6[C@@H](O)[C@]7(CC[C@@H]8C[C@@H](c9ccccc9)CC[C@@H]87)C[C@@]4(C=O)[C@]56O)[C@@]2(O)C[C@@H]2C[C@@H]1[C@H]1OC(=O)C=C1[C@@]23CO. The second kappa shape index (κ2) is 18.7. The van der Waals surface area contributed by atoms with Crippen LogP contribution in [0.15, 0.2) is 72.3 Å². The summed E-state index contributed by atoms with van der Waals surface area (Å²) in [4.78, 5) is 29.9. The maximum absolute atomic E-state index is 15.7. The predicted octanol–water partition coefficient (Wildman–Crippen LogP) is 9.44. The number of esters is 1.